The number of nitrogens with one attached hydrogen (secondary N) is 1. The Balaban J connectivity index is 2.16. The summed E-state index contributed by atoms with van der Waals surface area (Å²) in [6, 6.07) is 9.66. The Hall–Kier alpha value is -1.26. The van der Waals surface area contributed by atoms with Crippen LogP contribution in [0.2, 0.25) is 0 Å². The average Bonchev–Trinajstić information content (AvgIpc) is 2.45. The van der Waals surface area contributed by atoms with Crippen LogP contribution in [0.3, 0.4) is 0 Å². The molecule has 1 unspecified atom stereocenters. The quantitative estimate of drug-likeness (QED) is 0.536. The van der Waals surface area contributed by atoms with Gasteiger partial charge in [-0.3, -0.25) is 4.79 Å². The fourth-order valence-corrected chi connectivity index (χ4v) is 2.22. The highest BCUT2D eigenvalue weighted by molar-refractivity contribution is 7.99. The summed E-state index contributed by atoms with van der Waals surface area (Å²) in [5.41, 5.74) is 7.09. The van der Waals surface area contributed by atoms with Crippen molar-refractivity contribution in [1.82, 2.24) is 5.32 Å². The third kappa shape index (κ3) is 7.03. The lowest BCUT2D eigenvalue weighted by Gasteiger charge is -2.12. The molecule has 1 amide bonds. The molecule has 0 heterocycles. The van der Waals surface area contributed by atoms with E-state index in [1.165, 1.54) is 5.56 Å². The minimum Gasteiger partial charge on any atom is -0.354 e. The molecule has 0 aliphatic carbocycles. The number of carbonyl (C=O) groups excluding carboxylic acids is 1. The minimum absolute atomic E-state index is 0.0601. The summed E-state index contributed by atoms with van der Waals surface area (Å²) in [6.07, 6.45) is 3.37. The molecule has 0 aromatic heterocycles. The highest BCUT2D eigenvalue weighted by Gasteiger charge is 2.12. The Labute approximate surface area is 119 Å². The van der Waals surface area contributed by atoms with E-state index in [4.69, 9.17) is 5.73 Å². The van der Waals surface area contributed by atoms with Crippen LogP contribution in [-0.2, 0) is 11.2 Å². The molecule has 0 aliphatic heterocycles. The summed E-state index contributed by atoms with van der Waals surface area (Å²) in [4.78, 5) is 11.7. The zero-order chi connectivity index (χ0) is 13.9. The Morgan fingerprint density at radius 1 is 1.42 bits per heavy atom. The van der Waals surface area contributed by atoms with Crippen molar-refractivity contribution in [3.05, 3.63) is 48.6 Å². The lowest BCUT2D eigenvalue weighted by atomic mass is 10.1. The highest BCUT2D eigenvalue weighted by atomic mass is 32.2. The van der Waals surface area contributed by atoms with Gasteiger partial charge in [0.05, 0.1) is 6.04 Å². The Kier molecular flexibility index (Phi) is 8.02. The van der Waals surface area contributed by atoms with Gasteiger partial charge in [0.15, 0.2) is 0 Å². The maximum absolute atomic E-state index is 11.7. The van der Waals surface area contributed by atoms with Crippen molar-refractivity contribution >= 4 is 17.7 Å². The van der Waals surface area contributed by atoms with Crippen LogP contribution in [0, 0.1) is 0 Å². The lowest BCUT2D eigenvalue weighted by molar-refractivity contribution is -0.122. The van der Waals surface area contributed by atoms with Gasteiger partial charge < -0.3 is 11.1 Å². The van der Waals surface area contributed by atoms with Crippen molar-refractivity contribution in [2.24, 2.45) is 5.73 Å². The largest absolute Gasteiger partial charge is 0.354 e. The van der Waals surface area contributed by atoms with Gasteiger partial charge in [0.1, 0.15) is 0 Å². The molecule has 0 spiro atoms. The van der Waals surface area contributed by atoms with Gasteiger partial charge in [-0.15, -0.1) is 6.58 Å². The number of amides is 1. The first-order valence-corrected chi connectivity index (χ1v) is 7.65. The van der Waals surface area contributed by atoms with E-state index in [2.05, 4.69) is 24.0 Å². The molecule has 1 atom stereocenters. The van der Waals surface area contributed by atoms with Crippen molar-refractivity contribution in [3.63, 3.8) is 0 Å². The molecule has 0 saturated heterocycles. The maximum Gasteiger partial charge on any atom is 0.236 e. The number of hydrogen-bond acceptors (Lipinski definition) is 3. The van der Waals surface area contributed by atoms with Crippen LogP contribution in [0.5, 0.6) is 0 Å². The average molecular weight is 278 g/mol. The number of thioether (sulfide) groups is 1. The third-order valence-electron chi connectivity index (χ3n) is 2.70. The lowest BCUT2D eigenvalue weighted by Crippen LogP contribution is -2.41. The van der Waals surface area contributed by atoms with E-state index >= 15 is 0 Å². The number of hydrogen-bond donors (Lipinski definition) is 2. The third-order valence-corrected chi connectivity index (χ3v) is 3.67. The molecule has 104 valence electrons. The molecule has 0 saturated carbocycles. The Bertz CT molecular complexity index is 381. The van der Waals surface area contributed by atoms with Gasteiger partial charge in [-0.05, 0) is 18.4 Å². The van der Waals surface area contributed by atoms with Gasteiger partial charge in [-0.2, -0.15) is 11.8 Å². The van der Waals surface area contributed by atoms with Crippen LogP contribution in [0.1, 0.15) is 12.0 Å². The number of benzene rings is 1. The molecule has 0 fully saturated rings. The molecule has 4 heteroatoms. The number of aryl methyl sites for hydroxylation is 1. The molecule has 0 bridgehead atoms. The van der Waals surface area contributed by atoms with Gasteiger partial charge in [-0.25, -0.2) is 0 Å². The monoisotopic (exact) mass is 278 g/mol. The fraction of sp³-hybridized carbons (Fsp3) is 0.400. The van der Waals surface area contributed by atoms with Crippen LogP contribution in [-0.4, -0.2) is 30.0 Å². The number of rotatable bonds is 9. The van der Waals surface area contributed by atoms with E-state index in [0.29, 0.717) is 13.0 Å². The topological polar surface area (TPSA) is 55.1 Å². The van der Waals surface area contributed by atoms with Crippen LogP contribution >= 0.6 is 11.8 Å². The first-order valence-electron chi connectivity index (χ1n) is 6.50. The smallest absolute Gasteiger partial charge is 0.236 e. The van der Waals surface area contributed by atoms with E-state index in [-0.39, 0.29) is 5.91 Å². The van der Waals surface area contributed by atoms with Crippen molar-refractivity contribution in [1.29, 1.82) is 0 Å². The number of carbonyl (C=O) groups is 1. The molecule has 19 heavy (non-hydrogen) atoms. The van der Waals surface area contributed by atoms with Gasteiger partial charge in [0.25, 0.3) is 0 Å². The summed E-state index contributed by atoms with van der Waals surface area (Å²) in [5.74, 6) is 1.74. The van der Waals surface area contributed by atoms with Crippen molar-refractivity contribution in [2.45, 2.75) is 18.9 Å². The zero-order valence-corrected chi connectivity index (χ0v) is 12.0. The summed E-state index contributed by atoms with van der Waals surface area (Å²) in [5, 5.41) is 2.86. The molecule has 0 aliphatic rings. The summed E-state index contributed by atoms with van der Waals surface area (Å²) in [7, 11) is 0. The molecule has 1 aromatic carbocycles. The summed E-state index contributed by atoms with van der Waals surface area (Å²) >= 11 is 1.74. The predicted octanol–water partition coefficient (Wildman–Crippen LogP) is 1.98. The SMILES string of the molecule is C=CCSCCNC(=O)C(N)CCc1ccccc1. The van der Waals surface area contributed by atoms with Crippen LogP contribution in [0.4, 0.5) is 0 Å². The fourth-order valence-electron chi connectivity index (χ4n) is 1.64. The summed E-state index contributed by atoms with van der Waals surface area (Å²) < 4.78 is 0. The standard InChI is InChI=1S/C15H22N2OS/c1-2-11-19-12-10-17-15(18)14(16)9-8-13-6-4-3-5-7-13/h2-7,14H,1,8-12,16H2,(H,17,18). The van der Waals surface area contributed by atoms with Crippen LogP contribution in [0.25, 0.3) is 0 Å². The van der Waals surface area contributed by atoms with Crippen LogP contribution < -0.4 is 11.1 Å². The van der Waals surface area contributed by atoms with E-state index < -0.39 is 6.04 Å². The van der Waals surface area contributed by atoms with Gasteiger partial charge in [0.2, 0.25) is 5.91 Å². The molecule has 3 nitrogen and oxygen atoms in total. The molecule has 3 N–H and O–H groups in total. The molecular weight excluding hydrogens is 256 g/mol. The van der Waals surface area contributed by atoms with Gasteiger partial charge in [0, 0.05) is 18.1 Å². The first-order chi connectivity index (χ1) is 9.24. The van der Waals surface area contributed by atoms with Crippen molar-refractivity contribution < 1.29 is 4.79 Å². The van der Waals surface area contributed by atoms with E-state index in [1.807, 2.05) is 24.3 Å². The molecular formula is C15H22N2OS. The van der Waals surface area contributed by atoms with Gasteiger partial charge in [-0.1, -0.05) is 36.4 Å². The van der Waals surface area contributed by atoms with Crippen LogP contribution in [0.15, 0.2) is 43.0 Å². The van der Waals surface area contributed by atoms with Crippen molar-refractivity contribution in [3.8, 4) is 0 Å². The molecule has 0 radical (unpaired) electrons. The first kappa shape index (κ1) is 15.8. The van der Waals surface area contributed by atoms with Gasteiger partial charge >= 0.3 is 0 Å². The Morgan fingerprint density at radius 3 is 2.84 bits per heavy atom. The maximum atomic E-state index is 11.7. The molecule has 1 aromatic rings. The highest BCUT2D eigenvalue weighted by Crippen LogP contribution is 2.04. The van der Waals surface area contributed by atoms with E-state index in [0.717, 1.165) is 17.9 Å². The second-order valence-corrected chi connectivity index (χ2v) is 5.44. The molecule has 1 rings (SSSR count). The van der Waals surface area contributed by atoms with E-state index in [1.54, 1.807) is 11.8 Å². The second kappa shape index (κ2) is 9.64. The van der Waals surface area contributed by atoms with E-state index in [9.17, 15) is 4.79 Å². The predicted molar refractivity (Wildman–Crippen MR) is 83.3 cm³/mol. The zero-order valence-electron chi connectivity index (χ0n) is 11.2. The number of nitrogens with two attached hydrogens (primary N) is 1. The van der Waals surface area contributed by atoms with Crippen molar-refractivity contribution in [2.75, 3.05) is 18.1 Å². The normalized spacial score (nSPS) is 11.8. The summed E-state index contributed by atoms with van der Waals surface area (Å²) in [6.45, 7) is 4.31. The minimum atomic E-state index is -0.426. The second-order valence-electron chi connectivity index (χ2n) is 4.29. The Morgan fingerprint density at radius 2 is 2.16 bits per heavy atom.